The van der Waals surface area contributed by atoms with Crippen molar-refractivity contribution >= 4 is 40.3 Å². The largest absolute Gasteiger partial charge is 0.481 e. The van der Waals surface area contributed by atoms with Gasteiger partial charge in [0, 0.05) is 6.54 Å². The molecule has 1 aromatic heterocycles. The molecule has 0 amide bonds. The van der Waals surface area contributed by atoms with Crippen LogP contribution in [-0.2, 0) is 11.3 Å². The summed E-state index contributed by atoms with van der Waals surface area (Å²) in [6.07, 6.45) is 1.55. The molecule has 0 saturated carbocycles. The van der Waals surface area contributed by atoms with E-state index in [1.165, 1.54) is 11.3 Å². The van der Waals surface area contributed by atoms with Gasteiger partial charge in [0.1, 0.15) is 0 Å². The Morgan fingerprint density at radius 1 is 1.17 bits per heavy atom. The van der Waals surface area contributed by atoms with Gasteiger partial charge in [0.05, 0.1) is 17.0 Å². The fraction of sp³-hybridized carbons (Fsp3) is 0.125. The number of benzene rings is 1. The van der Waals surface area contributed by atoms with Gasteiger partial charge in [-0.2, -0.15) is 0 Å². The second-order valence-corrected chi connectivity index (χ2v) is 5.97. The van der Waals surface area contributed by atoms with Crippen molar-refractivity contribution in [2.75, 3.05) is 0 Å². The monoisotopic (exact) mass is 347 g/mol. The third-order valence-electron chi connectivity index (χ3n) is 2.87. The summed E-state index contributed by atoms with van der Waals surface area (Å²) >= 11 is 6.73. The van der Waals surface area contributed by atoms with Gasteiger partial charge in [0.25, 0.3) is 0 Å². The number of rotatable bonds is 7. The van der Waals surface area contributed by atoms with Crippen LogP contribution in [0.5, 0.6) is 0 Å². The predicted octanol–water partition coefficient (Wildman–Crippen LogP) is 2.73. The Morgan fingerprint density at radius 2 is 1.96 bits per heavy atom. The average Bonchev–Trinajstić information content (AvgIpc) is 3.08. The van der Waals surface area contributed by atoms with Crippen LogP contribution in [0.2, 0.25) is 0 Å². The maximum atomic E-state index is 10.7. The average molecular weight is 347 g/mol. The molecule has 4 N–H and O–H groups in total. The van der Waals surface area contributed by atoms with Crippen LogP contribution in [0.4, 0.5) is 0 Å². The lowest BCUT2D eigenvalue weighted by Gasteiger charge is -2.14. The highest BCUT2D eigenvalue weighted by Crippen LogP contribution is 2.17. The van der Waals surface area contributed by atoms with Crippen molar-refractivity contribution in [3.05, 3.63) is 64.4 Å². The second-order valence-electron chi connectivity index (χ2n) is 4.61. The Balaban J connectivity index is 1.86. The summed E-state index contributed by atoms with van der Waals surface area (Å²) in [5.74, 6) is -0.884. The quantitative estimate of drug-likeness (QED) is 0.456. The zero-order valence-electron chi connectivity index (χ0n) is 12.3. The normalized spacial score (nSPS) is 10.9. The number of carboxylic acid groups (broad SMARTS) is 1. The van der Waals surface area contributed by atoms with Gasteiger partial charge < -0.3 is 10.4 Å². The van der Waals surface area contributed by atoms with E-state index in [-0.39, 0.29) is 6.42 Å². The number of nitrogens with one attached hydrogen (secondary N) is 3. The summed E-state index contributed by atoms with van der Waals surface area (Å²) in [6, 6.07) is 13.7. The van der Waals surface area contributed by atoms with Crippen LogP contribution in [0.3, 0.4) is 0 Å². The number of hydrogen-bond acceptors (Lipinski definition) is 4. The van der Waals surface area contributed by atoms with E-state index in [1.54, 1.807) is 6.08 Å². The third-order valence-corrected chi connectivity index (χ3v) is 4.02. The molecule has 0 aliphatic heterocycles. The van der Waals surface area contributed by atoms with Crippen LogP contribution in [0.25, 0.3) is 5.70 Å². The molecule has 0 atom stereocenters. The number of hydrazine groups is 1. The highest BCUT2D eigenvalue weighted by atomic mass is 32.1. The molecule has 0 bridgehead atoms. The maximum absolute atomic E-state index is 10.7. The number of aliphatic carboxylic acids is 1. The van der Waals surface area contributed by atoms with Gasteiger partial charge in [0.15, 0.2) is 5.11 Å². The minimum atomic E-state index is -0.884. The minimum absolute atomic E-state index is 0.0634. The van der Waals surface area contributed by atoms with Gasteiger partial charge in [0.2, 0.25) is 0 Å². The molecule has 0 fully saturated rings. The first kappa shape index (κ1) is 17.0. The maximum Gasteiger partial charge on any atom is 0.307 e. The van der Waals surface area contributed by atoms with Crippen molar-refractivity contribution in [1.29, 1.82) is 0 Å². The van der Waals surface area contributed by atoms with Crippen LogP contribution >= 0.6 is 23.6 Å². The van der Waals surface area contributed by atoms with Crippen molar-refractivity contribution in [2.24, 2.45) is 0 Å². The van der Waals surface area contributed by atoms with Gasteiger partial charge in [-0.05, 0) is 35.3 Å². The van der Waals surface area contributed by atoms with Crippen LogP contribution in [0.15, 0.2) is 53.9 Å². The first-order valence-electron chi connectivity index (χ1n) is 6.95. The molecule has 0 saturated heterocycles. The molecule has 0 spiro atoms. The van der Waals surface area contributed by atoms with Gasteiger partial charge in [-0.15, -0.1) is 11.3 Å². The van der Waals surface area contributed by atoms with E-state index in [0.717, 1.165) is 10.4 Å². The van der Waals surface area contributed by atoms with Crippen molar-refractivity contribution in [3.8, 4) is 0 Å². The Kier molecular flexibility index (Phi) is 6.58. The molecule has 1 aromatic carbocycles. The fourth-order valence-corrected chi connectivity index (χ4v) is 2.63. The van der Waals surface area contributed by atoms with E-state index < -0.39 is 5.97 Å². The number of thiophene rings is 1. The zero-order valence-corrected chi connectivity index (χ0v) is 13.9. The van der Waals surface area contributed by atoms with E-state index in [9.17, 15) is 4.79 Å². The summed E-state index contributed by atoms with van der Waals surface area (Å²) in [4.78, 5) is 11.7. The van der Waals surface area contributed by atoms with Crippen molar-refractivity contribution in [3.63, 3.8) is 0 Å². The molecular formula is C16H17N3O2S2. The molecule has 5 nitrogen and oxygen atoms in total. The Labute approximate surface area is 144 Å². The van der Waals surface area contributed by atoms with Gasteiger partial charge >= 0.3 is 5.97 Å². The number of carboxylic acids is 1. The Hall–Kier alpha value is -2.38. The summed E-state index contributed by atoms with van der Waals surface area (Å²) < 4.78 is 0. The molecule has 0 radical (unpaired) electrons. The highest BCUT2D eigenvalue weighted by Gasteiger charge is 2.05. The van der Waals surface area contributed by atoms with E-state index in [2.05, 4.69) is 16.2 Å². The SMILES string of the molecule is O=C(O)CC=C(NNC(=S)NCc1ccccc1)c1cccs1. The van der Waals surface area contributed by atoms with Gasteiger partial charge in [-0.3, -0.25) is 15.6 Å². The van der Waals surface area contributed by atoms with Crippen LogP contribution in [-0.4, -0.2) is 16.2 Å². The first-order valence-corrected chi connectivity index (χ1v) is 8.23. The zero-order chi connectivity index (χ0) is 16.5. The summed E-state index contributed by atoms with van der Waals surface area (Å²) in [7, 11) is 0. The predicted molar refractivity (Wildman–Crippen MR) is 96.7 cm³/mol. The molecule has 0 aliphatic carbocycles. The Morgan fingerprint density at radius 3 is 2.61 bits per heavy atom. The molecule has 7 heteroatoms. The summed E-state index contributed by atoms with van der Waals surface area (Å²) in [6.45, 7) is 0.613. The van der Waals surface area contributed by atoms with E-state index >= 15 is 0 Å². The Bertz CT molecular complexity index is 670. The number of carbonyl (C=O) groups is 1. The summed E-state index contributed by atoms with van der Waals surface area (Å²) in [5.41, 5.74) is 7.66. The lowest BCUT2D eigenvalue weighted by molar-refractivity contribution is -0.135. The summed E-state index contributed by atoms with van der Waals surface area (Å²) in [5, 5.41) is 14.3. The van der Waals surface area contributed by atoms with E-state index in [4.69, 9.17) is 17.3 Å². The van der Waals surface area contributed by atoms with Crippen molar-refractivity contribution in [1.82, 2.24) is 16.2 Å². The van der Waals surface area contributed by atoms with Crippen LogP contribution in [0, 0.1) is 0 Å². The highest BCUT2D eigenvalue weighted by molar-refractivity contribution is 7.80. The minimum Gasteiger partial charge on any atom is -0.481 e. The van der Waals surface area contributed by atoms with Crippen molar-refractivity contribution in [2.45, 2.75) is 13.0 Å². The molecule has 2 aromatic rings. The molecule has 2 rings (SSSR count). The smallest absolute Gasteiger partial charge is 0.307 e. The molecule has 0 unspecified atom stereocenters. The molecule has 120 valence electrons. The van der Waals surface area contributed by atoms with E-state index in [0.29, 0.717) is 17.4 Å². The van der Waals surface area contributed by atoms with Crippen LogP contribution < -0.4 is 16.2 Å². The fourth-order valence-electron chi connectivity index (χ4n) is 1.78. The number of thiocarbonyl (C=S) groups is 1. The van der Waals surface area contributed by atoms with E-state index in [1.807, 2.05) is 47.8 Å². The number of hydrogen-bond donors (Lipinski definition) is 4. The lowest BCUT2D eigenvalue weighted by Crippen LogP contribution is -2.42. The first-order chi connectivity index (χ1) is 11.1. The third kappa shape index (κ3) is 6.09. The molecule has 0 aliphatic rings. The van der Waals surface area contributed by atoms with Gasteiger partial charge in [-0.25, -0.2) is 0 Å². The van der Waals surface area contributed by atoms with Crippen molar-refractivity contribution < 1.29 is 9.90 Å². The topological polar surface area (TPSA) is 73.4 Å². The molecule has 23 heavy (non-hydrogen) atoms. The molecule has 1 heterocycles. The van der Waals surface area contributed by atoms with Crippen LogP contribution in [0.1, 0.15) is 16.9 Å². The lowest BCUT2D eigenvalue weighted by atomic mass is 10.2. The van der Waals surface area contributed by atoms with Gasteiger partial charge in [-0.1, -0.05) is 36.4 Å². The second kappa shape index (κ2) is 8.92. The molecular weight excluding hydrogens is 330 g/mol. The standard InChI is InChI=1S/C16H17N3O2S2/c20-15(21)9-8-13(14-7-4-10-23-14)18-19-16(22)17-11-12-5-2-1-3-6-12/h1-8,10,18H,9,11H2,(H,20,21)(H2,17,19,22).